The third-order valence-electron chi connectivity index (χ3n) is 3.71. The Morgan fingerprint density at radius 3 is 2.52 bits per heavy atom. The van der Waals surface area contributed by atoms with Crippen LogP contribution in [0.4, 0.5) is 0 Å². The lowest BCUT2D eigenvalue weighted by Crippen LogP contribution is -2.26. The second-order valence-corrected chi connectivity index (χ2v) is 6.07. The zero-order chi connectivity index (χ0) is 15.1. The highest BCUT2D eigenvalue weighted by atomic mass is 15.3. The molecule has 0 aliphatic heterocycles. The molecular formula is C18H27N3. The molecule has 114 valence electrons. The van der Waals surface area contributed by atoms with Crippen LogP contribution in [0.15, 0.2) is 42.7 Å². The number of nitrogens with zero attached hydrogens (tertiary/aromatic N) is 2. The number of hydrogen-bond acceptors (Lipinski definition) is 2. The van der Waals surface area contributed by atoms with E-state index in [0.29, 0.717) is 11.8 Å². The van der Waals surface area contributed by atoms with Gasteiger partial charge in [-0.1, -0.05) is 44.2 Å². The van der Waals surface area contributed by atoms with Crippen LogP contribution in [0, 0.1) is 5.92 Å². The fraction of sp³-hybridized carbons (Fsp3) is 0.500. The Hall–Kier alpha value is -1.61. The Morgan fingerprint density at radius 1 is 1.14 bits per heavy atom. The van der Waals surface area contributed by atoms with Gasteiger partial charge in [0.1, 0.15) is 0 Å². The summed E-state index contributed by atoms with van der Waals surface area (Å²) < 4.78 is 2.00. The molecule has 0 amide bonds. The molecule has 0 radical (unpaired) electrons. The standard InChI is InChI=1S/C18H27N3/c1-4-21-14-16(12-20-21)10-18(13-19-11-15(2)3)17-8-6-5-7-9-17/h5-9,12,14-15,18-19H,4,10-11,13H2,1-3H3. The third kappa shape index (κ3) is 5.01. The summed E-state index contributed by atoms with van der Waals surface area (Å²) in [5.41, 5.74) is 2.72. The molecule has 1 N–H and O–H groups in total. The molecule has 1 aromatic heterocycles. The van der Waals surface area contributed by atoms with E-state index in [9.17, 15) is 0 Å². The molecule has 1 heterocycles. The molecular weight excluding hydrogens is 258 g/mol. The van der Waals surface area contributed by atoms with E-state index < -0.39 is 0 Å². The Labute approximate surface area is 128 Å². The van der Waals surface area contributed by atoms with Gasteiger partial charge in [-0.2, -0.15) is 5.10 Å². The van der Waals surface area contributed by atoms with Crippen LogP contribution in [0.1, 0.15) is 37.8 Å². The highest BCUT2D eigenvalue weighted by Crippen LogP contribution is 2.20. The van der Waals surface area contributed by atoms with E-state index >= 15 is 0 Å². The van der Waals surface area contributed by atoms with Crippen LogP contribution >= 0.6 is 0 Å². The number of aryl methyl sites for hydroxylation is 1. The number of nitrogens with one attached hydrogen (secondary N) is 1. The molecule has 0 spiro atoms. The first kappa shape index (κ1) is 15.8. The molecule has 1 atom stereocenters. The zero-order valence-corrected chi connectivity index (χ0v) is 13.4. The van der Waals surface area contributed by atoms with Gasteiger partial charge >= 0.3 is 0 Å². The first-order chi connectivity index (χ1) is 10.2. The van der Waals surface area contributed by atoms with Crippen molar-refractivity contribution in [2.45, 2.75) is 39.7 Å². The number of rotatable bonds is 8. The van der Waals surface area contributed by atoms with Crippen molar-refractivity contribution in [3.63, 3.8) is 0 Å². The quantitative estimate of drug-likeness (QED) is 0.805. The molecule has 2 rings (SSSR count). The Kier molecular flexibility index (Phi) is 6.00. The minimum atomic E-state index is 0.499. The lowest BCUT2D eigenvalue weighted by molar-refractivity contribution is 0.514. The van der Waals surface area contributed by atoms with Gasteiger partial charge in [0.05, 0.1) is 6.20 Å². The zero-order valence-electron chi connectivity index (χ0n) is 13.4. The van der Waals surface area contributed by atoms with E-state index in [2.05, 4.69) is 67.7 Å². The summed E-state index contributed by atoms with van der Waals surface area (Å²) in [4.78, 5) is 0. The molecule has 0 aliphatic carbocycles. The minimum absolute atomic E-state index is 0.499. The Balaban J connectivity index is 2.04. The molecule has 0 saturated heterocycles. The van der Waals surface area contributed by atoms with Gasteiger partial charge in [-0.3, -0.25) is 4.68 Å². The van der Waals surface area contributed by atoms with Crippen molar-refractivity contribution < 1.29 is 0 Å². The predicted octanol–water partition coefficient (Wildman–Crippen LogP) is 3.47. The minimum Gasteiger partial charge on any atom is -0.316 e. The largest absolute Gasteiger partial charge is 0.316 e. The van der Waals surface area contributed by atoms with E-state index in [1.165, 1.54) is 11.1 Å². The van der Waals surface area contributed by atoms with Gasteiger partial charge in [-0.15, -0.1) is 0 Å². The highest BCUT2D eigenvalue weighted by molar-refractivity contribution is 5.22. The van der Waals surface area contributed by atoms with Gasteiger partial charge in [0, 0.05) is 25.2 Å². The summed E-state index contributed by atoms with van der Waals surface area (Å²) in [5.74, 6) is 1.18. The lowest BCUT2D eigenvalue weighted by atomic mass is 9.93. The van der Waals surface area contributed by atoms with Crippen molar-refractivity contribution in [2.24, 2.45) is 5.92 Å². The topological polar surface area (TPSA) is 29.9 Å². The second-order valence-electron chi connectivity index (χ2n) is 6.07. The van der Waals surface area contributed by atoms with Crippen molar-refractivity contribution in [3.05, 3.63) is 53.9 Å². The van der Waals surface area contributed by atoms with Crippen molar-refractivity contribution in [3.8, 4) is 0 Å². The van der Waals surface area contributed by atoms with Crippen molar-refractivity contribution in [1.29, 1.82) is 0 Å². The van der Waals surface area contributed by atoms with Crippen LogP contribution in [0.5, 0.6) is 0 Å². The maximum Gasteiger partial charge on any atom is 0.0521 e. The monoisotopic (exact) mass is 285 g/mol. The van der Waals surface area contributed by atoms with Crippen LogP contribution in [0.25, 0.3) is 0 Å². The van der Waals surface area contributed by atoms with Crippen LogP contribution in [-0.4, -0.2) is 22.9 Å². The van der Waals surface area contributed by atoms with Crippen molar-refractivity contribution >= 4 is 0 Å². The molecule has 0 bridgehead atoms. The molecule has 0 fully saturated rings. The number of aromatic nitrogens is 2. The van der Waals surface area contributed by atoms with Crippen LogP contribution < -0.4 is 5.32 Å². The van der Waals surface area contributed by atoms with E-state index in [1.807, 2.05) is 10.9 Å². The smallest absolute Gasteiger partial charge is 0.0521 e. The predicted molar refractivity (Wildman–Crippen MR) is 88.5 cm³/mol. The Bertz CT molecular complexity index is 516. The molecule has 3 heteroatoms. The fourth-order valence-corrected chi connectivity index (χ4v) is 2.55. The fourth-order valence-electron chi connectivity index (χ4n) is 2.55. The molecule has 21 heavy (non-hydrogen) atoms. The lowest BCUT2D eigenvalue weighted by Gasteiger charge is -2.18. The summed E-state index contributed by atoms with van der Waals surface area (Å²) in [6.07, 6.45) is 5.20. The van der Waals surface area contributed by atoms with Crippen molar-refractivity contribution in [2.75, 3.05) is 13.1 Å². The van der Waals surface area contributed by atoms with Gasteiger partial charge in [0.25, 0.3) is 0 Å². The van der Waals surface area contributed by atoms with Gasteiger partial charge in [0.2, 0.25) is 0 Å². The summed E-state index contributed by atoms with van der Waals surface area (Å²) in [6.45, 7) is 9.62. The van der Waals surface area contributed by atoms with Gasteiger partial charge < -0.3 is 5.32 Å². The summed E-state index contributed by atoms with van der Waals surface area (Å²) in [6, 6.07) is 10.8. The van der Waals surface area contributed by atoms with E-state index in [0.717, 1.165) is 26.1 Å². The van der Waals surface area contributed by atoms with E-state index in [-0.39, 0.29) is 0 Å². The molecule has 1 unspecified atom stereocenters. The maximum absolute atomic E-state index is 4.39. The SMILES string of the molecule is CCn1cc(CC(CNCC(C)C)c2ccccc2)cn1. The number of benzene rings is 1. The van der Waals surface area contributed by atoms with Gasteiger partial charge in [-0.05, 0) is 36.9 Å². The second kappa shape index (κ2) is 7.99. The average Bonchev–Trinajstić information content (AvgIpc) is 2.94. The summed E-state index contributed by atoms with van der Waals surface area (Å²) in [7, 11) is 0. The van der Waals surface area contributed by atoms with E-state index in [4.69, 9.17) is 0 Å². The molecule has 0 aliphatic rings. The molecule has 0 saturated carbocycles. The summed E-state index contributed by atoms with van der Waals surface area (Å²) >= 11 is 0. The van der Waals surface area contributed by atoms with Gasteiger partial charge in [-0.25, -0.2) is 0 Å². The number of hydrogen-bond donors (Lipinski definition) is 1. The average molecular weight is 285 g/mol. The van der Waals surface area contributed by atoms with E-state index in [1.54, 1.807) is 0 Å². The summed E-state index contributed by atoms with van der Waals surface area (Å²) in [5, 5.41) is 7.98. The normalized spacial score (nSPS) is 12.8. The first-order valence-electron chi connectivity index (χ1n) is 7.96. The van der Waals surface area contributed by atoms with Crippen LogP contribution in [0.3, 0.4) is 0 Å². The molecule has 2 aromatic rings. The molecule has 1 aromatic carbocycles. The third-order valence-corrected chi connectivity index (χ3v) is 3.71. The highest BCUT2D eigenvalue weighted by Gasteiger charge is 2.13. The van der Waals surface area contributed by atoms with Crippen LogP contribution in [-0.2, 0) is 13.0 Å². The first-order valence-corrected chi connectivity index (χ1v) is 7.96. The molecule has 3 nitrogen and oxygen atoms in total. The van der Waals surface area contributed by atoms with Crippen LogP contribution in [0.2, 0.25) is 0 Å². The Morgan fingerprint density at radius 2 is 1.90 bits per heavy atom. The van der Waals surface area contributed by atoms with Crippen molar-refractivity contribution in [1.82, 2.24) is 15.1 Å². The van der Waals surface area contributed by atoms with Gasteiger partial charge in [0.15, 0.2) is 0 Å². The maximum atomic E-state index is 4.39.